The van der Waals surface area contributed by atoms with E-state index in [1.165, 1.54) is 25.3 Å². The predicted octanol–water partition coefficient (Wildman–Crippen LogP) is 1.64. The van der Waals surface area contributed by atoms with Crippen LogP contribution in [0, 0.1) is 0 Å². The van der Waals surface area contributed by atoms with Gasteiger partial charge in [-0.25, -0.2) is 18.0 Å². The van der Waals surface area contributed by atoms with E-state index in [2.05, 4.69) is 10.1 Å². The zero-order valence-corrected chi connectivity index (χ0v) is 15.1. The van der Waals surface area contributed by atoms with E-state index in [4.69, 9.17) is 16.3 Å². The van der Waals surface area contributed by atoms with E-state index in [9.17, 15) is 18.0 Å². The molecule has 1 aromatic rings. The van der Waals surface area contributed by atoms with Gasteiger partial charge >= 0.3 is 12.1 Å². The van der Waals surface area contributed by atoms with Crippen LogP contribution < -0.4 is 9.62 Å². The molecule has 0 saturated heterocycles. The van der Waals surface area contributed by atoms with E-state index < -0.39 is 22.1 Å². The number of anilines is 1. The Morgan fingerprint density at radius 3 is 2.54 bits per heavy atom. The van der Waals surface area contributed by atoms with Gasteiger partial charge in [-0.15, -0.1) is 0 Å². The lowest BCUT2D eigenvalue weighted by molar-refractivity contribution is 0.0600. The van der Waals surface area contributed by atoms with Crippen molar-refractivity contribution in [2.75, 3.05) is 37.4 Å². The highest BCUT2D eigenvalue weighted by Crippen LogP contribution is 2.29. The molecule has 0 aromatic heterocycles. The Hall–Kier alpha value is -2.00. The Balaban J connectivity index is 3.05. The lowest BCUT2D eigenvalue weighted by Gasteiger charge is -2.24. The Morgan fingerprint density at radius 1 is 1.33 bits per heavy atom. The summed E-state index contributed by atoms with van der Waals surface area (Å²) in [7, 11) is -2.48. The molecule has 1 amide bonds. The Labute approximate surface area is 145 Å². The maximum atomic E-state index is 12.0. The van der Waals surface area contributed by atoms with Gasteiger partial charge in [-0.3, -0.25) is 4.31 Å². The first-order chi connectivity index (χ1) is 11.2. The highest BCUT2D eigenvalue weighted by Gasteiger charge is 2.22. The zero-order chi connectivity index (χ0) is 18.3. The first-order valence-electron chi connectivity index (χ1n) is 6.97. The molecule has 0 spiro atoms. The normalized spacial score (nSPS) is 10.8. The number of alkyl carbamates (subject to hydrolysis) is 1. The van der Waals surface area contributed by atoms with Crippen molar-refractivity contribution in [2.24, 2.45) is 0 Å². The molecule has 0 heterocycles. The maximum Gasteiger partial charge on any atom is 0.407 e. The molecule has 1 N–H and O–H groups in total. The summed E-state index contributed by atoms with van der Waals surface area (Å²) in [6.45, 7) is 1.78. The van der Waals surface area contributed by atoms with Gasteiger partial charge < -0.3 is 14.8 Å². The van der Waals surface area contributed by atoms with Crippen molar-refractivity contribution in [1.82, 2.24) is 5.32 Å². The van der Waals surface area contributed by atoms with Crippen LogP contribution in [-0.2, 0) is 19.5 Å². The van der Waals surface area contributed by atoms with E-state index >= 15 is 0 Å². The molecule has 134 valence electrons. The molecule has 24 heavy (non-hydrogen) atoms. The molecular formula is C14H19ClN2O6S. The van der Waals surface area contributed by atoms with Gasteiger partial charge in [0.2, 0.25) is 10.0 Å². The van der Waals surface area contributed by atoms with Crippen LogP contribution in [-0.4, -0.2) is 53.5 Å². The molecule has 1 rings (SSSR count). The van der Waals surface area contributed by atoms with Crippen LogP contribution in [0.4, 0.5) is 10.5 Å². The fraction of sp³-hybridized carbons (Fsp3) is 0.429. The summed E-state index contributed by atoms with van der Waals surface area (Å²) < 4.78 is 34.4. The highest BCUT2D eigenvalue weighted by molar-refractivity contribution is 7.92. The quantitative estimate of drug-likeness (QED) is 0.723. The number of esters is 1. The second-order valence-corrected chi connectivity index (χ2v) is 6.95. The van der Waals surface area contributed by atoms with Crippen molar-refractivity contribution in [3.05, 3.63) is 28.8 Å². The third-order valence-electron chi connectivity index (χ3n) is 2.90. The number of carbonyl (C=O) groups excluding carboxylic acids is 2. The second-order valence-electron chi connectivity index (χ2n) is 4.64. The molecule has 8 nitrogen and oxygen atoms in total. The number of amides is 1. The van der Waals surface area contributed by atoms with Crippen molar-refractivity contribution >= 4 is 39.4 Å². The molecule has 0 aliphatic carbocycles. The number of ether oxygens (including phenoxy) is 2. The molecule has 0 aliphatic heterocycles. The molecular weight excluding hydrogens is 360 g/mol. The number of halogens is 1. The summed E-state index contributed by atoms with van der Waals surface area (Å²) in [6.07, 6.45) is 0.346. The summed E-state index contributed by atoms with van der Waals surface area (Å²) in [5.74, 6) is -0.619. The van der Waals surface area contributed by atoms with Gasteiger partial charge in [0, 0.05) is 6.54 Å². The van der Waals surface area contributed by atoms with Crippen LogP contribution in [0.15, 0.2) is 18.2 Å². The van der Waals surface area contributed by atoms with Crippen molar-refractivity contribution in [2.45, 2.75) is 6.92 Å². The molecule has 0 fully saturated rings. The van der Waals surface area contributed by atoms with Crippen molar-refractivity contribution in [3.63, 3.8) is 0 Å². The number of rotatable bonds is 7. The third-order valence-corrected chi connectivity index (χ3v) is 4.40. The standard InChI is InChI=1S/C14H19ClN2O6S/c1-4-23-14(19)16-7-8-17(24(3,20)21)12-9-10(13(18)22-2)5-6-11(12)15/h5-6,9H,4,7-8H2,1-3H3,(H,16,19). The van der Waals surface area contributed by atoms with Crippen molar-refractivity contribution in [1.29, 1.82) is 0 Å². The molecule has 0 bridgehead atoms. The van der Waals surface area contributed by atoms with Gasteiger partial charge in [-0.2, -0.15) is 0 Å². The summed E-state index contributed by atoms with van der Waals surface area (Å²) >= 11 is 6.07. The first kappa shape index (κ1) is 20.0. The van der Waals surface area contributed by atoms with Gasteiger partial charge in [0.25, 0.3) is 0 Å². The lowest BCUT2D eigenvalue weighted by atomic mass is 10.2. The number of nitrogens with one attached hydrogen (secondary N) is 1. The van der Waals surface area contributed by atoms with E-state index in [1.807, 2.05) is 0 Å². The van der Waals surface area contributed by atoms with E-state index in [0.717, 1.165) is 10.6 Å². The number of hydrogen-bond donors (Lipinski definition) is 1. The van der Waals surface area contributed by atoms with Gasteiger partial charge in [0.1, 0.15) is 0 Å². The SMILES string of the molecule is CCOC(=O)NCCN(c1cc(C(=O)OC)ccc1Cl)S(C)(=O)=O. The molecule has 1 aromatic carbocycles. The van der Waals surface area contributed by atoms with E-state index in [1.54, 1.807) is 6.92 Å². The van der Waals surface area contributed by atoms with E-state index in [-0.39, 0.29) is 36.0 Å². The topological polar surface area (TPSA) is 102 Å². The largest absolute Gasteiger partial charge is 0.465 e. The predicted molar refractivity (Wildman–Crippen MR) is 90.0 cm³/mol. The number of nitrogens with zero attached hydrogens (tertiary/aromatic N) is 1. The minimum atomic E-state index is -3.70. The molecule has 0 radical (unpaired) electrons. The van der Waals surface area contributed by atoms with Crippen LogP contribution in [0.1, 0.15) is 17.3 Å². The lowest BCUT2D eigenvalue weighted by Crippen LogP contribution is -2.38. The van der Waals surface area contributed by atoms with Crippen LogP contribution >= 0.6 is 11.6 Å². The maximum absolute atomic E-state index is 12.0. The molecule has 0 atom stereocenters. The average Bonchev–Trinajstić information content (AvgIpc) is 2.51. The average molecular weight is 379 g/mol. The van der Waals surface area contributed by atoms with E-state index in [0.29, 0.717) is 0 Å². The molecule has 0 saturated carbocycles. The first-order valence-corrected chi connectivity index (χ1v) is 9.19. The molecule has 10 heteroatoms. The molecule has 0 aliphatic rings. The third kappa shape index (κ3) is 5.57. The number of hydrogen-bond acceptors (Lipinski definition) is 6. The van der Waals surface area contributed by atoms with Gasteiger partial charge in [0.15, 0.2) is 0 Å². The van der Waals surface area contributed by atoms with Crippen LogP contribution in [0.2, 0.25) is 5.02 Å². The Bertz CT molecular complexity index is 707. The summed E-state index contributed by atoms with van der Waals surface area (Å²) in [5.41, 5.74) is 0.275. The number of carbonyl (C=O) groups is 2. The zero-order valence-electron chi connectivity index (χ0n) is 13.5. The van der Waals surface area contributed by atoms with Crippen molar-refractivity contribution in [3.8, 4) is 0 Å². The molecule has 0 unspecified atom stereocenters. The van der Waals surface area contributed by atoms with Crippen molar-refractivity contribution < 1.29 is 27.5 Å². The minimum Gasteiger partial charge on any atom is -0.465 e. The summed E-state index contributed by atoms with van der Waals surface area (Å²) in [6, 6.07) is 4.15. The second kappa shape index (κ2) is 8.74. The smallest absolute Gasteiger partial charge is 0.407 e. The summed E-state index contributed by atoms with van der Waals surface area (Å²) in [5, 5.41) is 2.56. The van der Waals surface area contributed by atoms with Crippen LogP contribution in [0.3, 0.4) is 0 Å². The fourth-order valence-electron chi connectivity index (χ4n) is 1.86. The number of sulfonamides is 1. The van der Waals surface area contributed by atoms with Crippen LogP contribution in [0.25, 0.3) is 0 Å². The Morgan fingerprint density at radius 2 is 2.00 bits per heavy atom. The number of benzene rings is 1. The Kier molecular flexibility index (Phi) is 7.30. The van der Waals surface area contributed by atoms with Gasteiger partial charge in [-0.1, -0.05) is 11.6 Å². The highest BCUT2D eigenvalue weighted by atomic mass is 35.5. The van der Waals surface area contributed by atoms with Crippen LogP contribution in [0.5, 0.6) is 0 Å². The summed E-state index contributed by atoms with van der Waals surface area (Å²) in [4.78, 5) is 22.9. The number of methoxy groups -OCH3 is 1. The minimum absolute atomic E-state index is 0.00465. The van der Waals surface area contributed by atoms with Gasteiger partial charge in [-0.05, 0) is 25.1 Å². The fourth-order valence-corrected chi connectivity index (χ4v) is 3.06. The van der Waals surface area contributed by atoms with Gasteiger partial charge in [0.05, 0.1) is 42.8 Å². The monoisotopic (exact) mass is 378 g/mol.